The van der Waals surface area contributed by atoms with Gasteiger partial charge in [-0.05, 0) is 0 Å². The third-order valence-corrected chi connectivity index (χ3v) is 0. The van der Waals surface area contributed by atoms with Gasteiger partial charge in [-0.3, -0.25) is 0 Å². The summed E-state index contributed by atoms with van der Waals surface area (Å²) >= 11 is 0. The van der Waals surface area contributed by atoms with Gasteiger partial charge in [-0.25, -0.2) is 0 Å². The first kappa shape index (κ1) is 43.3. The first-order chi connectivity index (χ1) is 0. The molecule has 2 atom stereocenters. The van der Waals surface area contributed by atoms with Gasteiger partial charge < -0.3 is 0 Å². The molecule has 0 aromatic rings. The zero-order valence-electron chi connectivity index (χ0n) is 1.41. The molecule has 0 radical (unpaired) electrons. The fourth-order valence-corrected chi connectivity index (χ4v) is 0. The molecule has 0 aliphatic carbocycles. The molecule has 0 nitrogen and oxygen atoms in total. The Morgan fingerprint density at radius 3 is 1.00 bits per heavy atom. The topological polar surface area (TPSA) is 0 Å². The molecular formula is H15AlAsGaInP. The quantitative estimate of drug-likeness (QED) is 0.309. The van der Waals surface area contributed by atoms with Crippen LogP contribution in [-0.4, -0.2) is 80.9 Å². The fraction of sp³-hybridized carbons (Fsp3) is 0. The van der Waals surface area contributed by atoms with E-state index in [2.05, 4.69) is 0 Å². The molecular weight excluding hydrogens is 317 g/mol. The Morgan fingerprint density at radius 2 is 1.00 bits per heavy atom. The van der Waals surface area contributed by atoms with Crippen LogP contribution in [0.3, 0.4) is 0 Å². The summed E-state index contributed by atoms with van der Waals surface area (Å²) in [5.41, 5.74) is 0. The normalized spacial score (nSPS) is 0. The standard InChI is InChI=1S/Al.AsH3.Ga.In.H3P.9H/h;1H3;;;1H3;;;;;;;;;. The maximum absolute atomic E-state index is 0. The van der Waals surface area contributed by atoms with Crippen LogP contribution < -0.4 is 0 Å². The Hall–Kier alpha value is 3.03. The van der Waals surface area contributed by atoms with E-state index in [4.69, 9.17) is 0 Å². The molecule has 0 spiro atoms. The minimum atomic E-state index is 0. The van der Waals surface area contributed by atoms with Crippen molar-refractivity contribution in [2.75, 3.05) is 0 Å². The molecule has 34 valence electrons. The average molecular weight is 333 g/mol. The van der Waals surface area contributed by atoms with E-state index in [1.807, 2.05) is 0 Å². The van der Waals surface area contributed by atoms with Gasteiger partial charge in [-0.1, -0.05) is 0 Å². The molecule has 0 aliphatic rings. The molecule has 0 bridgehead atoms. The van der Waals surface area contributed by atoms with Crippen LogP contribution in [0.25, 0.3) is 0 Å². The summed E-state index contributed by atoms with van der Waals surface area (Å²) in [6.45, 7) is 0. The summed E-state index contributed by atoms with van der Waals surface area (Å²) < 4.78 is 0. The van der Waals surface area contributed by atoms with E-state index in [1.165, 1.54) is 0 Å². The number of hydrogen-bond acceptors (Lipinski definition) is 0. The second-order valence-electron chi connectivity index (χ2n) is 0. The average Bonchev–Trinajstić information content (AvgIpc) is 0. The summed E-state index contributed by atoms with van der Waals surface area (Å²) in [5, 5.41) is 0. The SMILES string of the molecule is P.[AlH3].[AsH3].[GaH3].[InH3]. The Morgan fingerprint density at radius 1 is 1.00 bits per heavy atom. The van der Waals surface area contributed by atoms with Crippen LogP contribution in [0.15, 0.2) is 0 Å². The Bertz CT molecular complexity index is 11.6. The molecule has 5 heavy (non-hydrogen) atoms. The van der Waals surface area contributed by atoms with E-state index in [9.17, 15) is 0 Å². The molecule has 0 aromatic heterocycles. The van der Waals surface area contributed by atoms with E-state index in [-0.39, 0.29) is 90.8 Å². The van der Waals surface area contributed by atoms with Crippen molar-refractivity contribution < 1.29 is 0 Å². The van der Waals surface area contributed by atoms with Crippen molar-refractivity contribution in [3.05, 3.63) is 0 Å². The predicted octanol–water partition coefficient (Wildman–Crippen LogP) is -4.68. The van der Waals surface area contributed by atoms with Crippen molar-refractivity contribution in [2.24, 2.45) is 0 Å². The van der Waals surface area contributed by atoms with Gasteiger partial charge >= 0.3 is 63.6 Å². The zero-order valence-corrected chi connectivity index (χ0v) is 5.80. The minimum absolute atomic E-state index is 0. The van der Waals surface area contributed by atoms with Gasteiger partial charge in [0.1, 0.15) is 0 Å². The molecule has 0 saturated carbocycles. The van der Waals surface area contributed by atoms with Gasteiger partial charge in [0.05, 0.1) is 0 Å². The van der Waals surface area contributed by atoms with Crippen molar-refractivity contribution >= 4 is 90.8 Å². The molecule has 0 aromatic carbocycles. The molecule has 0 fully saturated rings. The molecule has 2 unspecified atom stereocenters. The van der Waals surface area contributed by atoms with Crippen LogP contribution in [-0.2, 0) is 0 Å². The summed E-state index contributed by atoms with van der Waals surface area (Å²) in [4.78, 5) is 0. The van der Waals surface area contributed by atoms with Gasteiger partial charge in [0, 0.05) is 0 Å². The van der Waals surface area contributed by atoms with E-state index in [0.29, 0.717) is 0 Å². The molecule has 0 amide bonds. The zero-order chi connectivity index (χ0) is 0. The molecule has 5 heteroatoms. The molecule has 0 N–H and O–H groups in total. The Labute approximate surface area is 89.5 Å². The predicted molar refractivity (Wildman–Crippen MR) is 50.9 cm³/mol. The van der Waals surface area contributed by atoms with Gasteiger partial charge in [0.15, 0.2) is 17.4 Å². The monoisotopic (exact) mass is 332 g/mol. The van der Waals surface area contributed by atoms with E-state index in [1.54, 1.807) is 0 Å². The van der Waals surface area contributed by atoms with E-state index < -0.39 is 0 Å². The third-order valence-electron chi connectivity index (χ3n) is 0. The Kier molecular flexibility index (Phi) is 241. The van der Waals surface area contributed by atoms with Crippen molar-refractivity contribution in [1.29, 1.82) is 0 Å². The maximum atomic E-state index is 0. The van der Waals surface area contributed by atoms with Gasteiger partial charge in [-0.15, -0.1) is 0 Å². The van der Waals surface area contributed by atoms with Crippen molar-refractivity contribution in [2.45, 2.75) is 0 Å². The van der Waals surface area contributed by atoms with Crippen LogP contribution in [0, 0.1) is 0 Å². The van der Waals surface area contributed by atoms with Crippen molar-refractivity contribution in [3.8, 4) is 0 Å². The molecule has 0 saturated heterocycles. The summed E-state index contributed by atoms with van der Waals surface area (Å²) in [6.07, 6.45) is 0. The van der Waals surface area contributed by atoms with E-state index in [0.717, 1.165) is 0 Å². The molecule has 0 rings (SSSR count). The van der Waals surface area contributed by atoms with Crippen LogP contribution >= 0.6 is 9.90 Å². The first-order valence-corrected chi connectivity index (χ1v) is 0. The van der Waals surface area contributed by atoms with Crippen LogP contribution in [0.4, 0.5) is 0 Å². The van der Waals surface area contributed by atoms with Crippen molar-refractivity contribution in [3.63, 3.8) is 0 Å². The van der Waals surface area contributed by atoms with Gasteiger partial charge in [0.2, 0.25) is 0 Å². The van der Waals surface area contributed by atoms with Crippen LogP contribution in [0.1, 0.15) is 0 Å². The van der Waals surface area contributed by atoms with E-state index >= 15 is 0 Å². The van der Waals surface area contributed by atoms with Gasteiger partial charge in [-0.2, -0.15) is 9.90 Å². The summed E-state index contributed by atoms with van der Waals surface area (Å²) in [6, 6.07) is 0. The number of hydrogen-bond donors (Lipinski definition) is 0. The fourth-order valence-electron chi connectivity index (χ4n) is 0. The first-order valence-electron chi connectivity index (χ1n) is 0. The van der Waals surface area contributed by atoms with Crippen LogP contribution in [0.5, 0.6) is 0 Å². The Balaban J connectivity index is 0. The van der Waals surface area contributed by atoms with Crippen molar-refractivity contribution in [1.82, 2.24) is 0 Å². The molecule has 0 heterocycles. The summed E-state index contributed by atoms with van der Waals surface area (Å²) in [5.74, 6) is 0. The summed E-state index contributed by atoms with van der Waals surface area (Å²) in [7, 11) is 0. The second-order valence-corrected chi connectivity index (χ2v) is 0. The second kappa shape index (κ2) is 27.9. The number of rotatable bonds is 0. The third kappa shape index (κ3) is 19.4. The molecule has 0 aliphatic heterocycles. The van der Waals surface area contributed by atoms with Gasteiger partial charge in [0.25, 0.3) is 0 Å². The van der Waals surface area contributed by atoms with Crippen LogP contribution in [0.2, 0.25) is 0 Å².